The van der Waals surface area contributed by atoms with E-state index in [-0.39, 0.29) is 17.9 Å². The van der Waals surface area contributed by atoms with Crippen LogP contribution in [0.2, 0.25) is 0 Å². The first-order valence-electron chi connectivity index (χ1n) is 8.83. The fraction of sp³-hybridized carbons (Fsp3) is 0.579. The summed E-state index contributed by atoms with van der Waals surface area (Å²) >= 11 is 0. The SMILES string of the molecule is CC(C)c1ccccc1NC(=O)C1(C(=O)NCC2CCCO2)CC1. The number of carbonyl (C=O) groups excluding carboxylic acids is 2. The molecule has 0 aromatic heterocycles. The first-order chi connectivity index (χ1) is 11.5. The highest BCUT2D eigenvalue weighted by atomic mass is 16.5. The van der Waals surface area contributed by atoms with Crippen molar-refractivity contribution in [2.24, 2.45) is 5.41 Å². The van der Waals surface area contributed by atoms with Gasteiger partial charge in [0, 0.05) is 18.8 Å². The lowest BCUT2D eigenvalue weighted by atomic mass is 9.99. The Hall–Kier alpha value is -1.88. The van der Waals surface area contributed by atoms with Gasteiger partial charge in [0.2, 0.25) is 11.8 Å². The number of hydrogen-bond donors (Lipinski definition) is 2. The zero-order chi connectivity index (χ0) is 17.2. The van der Waals surface area contributed by atoms with Crippen LogP contribution in [0.1, 0.15) is 51.0 Å². The lowest BCUT2D eigenvalue weighted by Gasteiger charge is -2.19. The lowest BCUT2D eigenvalue weighted by Crippen LogP contribution is -2.42. The van der Waals surface area contributed by atoms with Gasteiger partial charge < -0.3 is 15.4 Å². The van der Waals surface area contributed by atoms with Gasteiger partial charge in [0.15, 0.2) is 0 Å². The highest BCUT2D eigenvalue weighted by molar-refractivity contribution is 6.13. The van der Waals surface area contributed by atoms with Gasteiger partial charge in [-0.1, -0.05) is 32.0 Å². The molecule has 2 aliphatic rings. The summed E-state index contributed by atoms with van der Waals surface area (Å²) in [5.74, 6) is -0.0528. The Balaban J connectivity index is 1.62. The molecule has 5 nitrogen and oxygen atoms in total. The molecule has 2 fully saturated rings. The first-order valence-corrected chi connectivity index (χ1v) is 8.83. The second kappa shape index (κ2) is 6.93. The predicted octanol–water partition coefficient (Wildman–Crippen LogP) is 2.82. The summed E-state index contributed by atoms with van der Waals surface area (Å²) in [5, 5.41) is 5.88. The van der Waals surface area contributed by atoms with Gasteiger partial charge in [-0.3, -0.25) is 9.59 Å². The smallest absolute Gasteiger partial charge is 0.240 e. The predicted molar refractivity (Wildman–Crippen MR) is 92.8 cm³/mol. The number of amides is 2. The third kappa shape index (κ3) is 3.46. The second-order valence-electron chi connectivity index (χ2n) is 7.12. The van der Waals surface area contributed by atoms with Gasteiger partial charge in [-0.05, 0) is 43.2 Å². The molecule has 1 heterocycles. The van der Waals surface area contributed by atoms with Crippen LogP contribution in [0.4, 0.5) is 5.69 Å². The Kier molecular flexibility index (Phi) is 4.90. The second-order valence-corrected chi connectivity index (χ2v) is 7.12. The number of anilines is 1. The van der Waals surface area contributed by atoms with Crippen molar-refractivity contribution in [1.29, 1.82) is 0 Å². The Morgan fingerprint density at radius 2 is 2.00 bits per heavy atom. The van der Waals surface area contributed by atoms with E-state index in [0.717, 1.165) is 30.7 Å². The minimum Gasteiger partial charge on any atom is -0.376 e. The lowest BCUT2D eigenvalue weighted by molar-refractivity contribution is -0.134. The molecule has 1 aliphatic heterocycles. The molecule has 130 valence electrons. The molecule has 1 aromatic rings. The minimum atomic E-state index is -0.900. The van der Waals surface area contributed by atoms with Gasteiger partial charge in [-0.2, -0.15) is 0 Å². The standard InChI is InChI=1S/C19H26N2O3/c1-13(2)15-7-3-4-8-16(15)21-18(23)19(9-10-19)17(22)20-12-14-6-5-11-24-14/h3-4,7-8,13-14H,5-6,9-12H2,1-2H3,(H,20,22)(H,21,23). The van der Waals surface area contributed by atoms with Crippen LogP contribution in [0.15, 0.2) is 24.3 Å². The van der Waals surface area contributed by atoms with E-state index in [4.69, 9.17) is 4.74 Å². The summed E-state index contributed by atoms with van der Waals surface area (Å²) in [7, 11) is 0. The number of hydrogen-bond acceptors (Lipinski definition) is 3. The monoisotopic (exact) mass is 330 g/mol. The van der Waals surface area contributed by atoms with Crippen LogP contribution in [0.5, 0.6) is 0 Å². The molecule has 1 saturated heterocycles. The molecule has 0 spiro atoms. The van der Waals surface area contributed by atoms with Crippen molar-refractivity contribution in [3.8, 4) is 0 Å². The van der Waals surface area contributed by atoms with Crippen LogP contribution < -0.4 is 10.6 Å². The highest BCUT2D eigenvalue weighted by Crippen LogP contribution is 2.47. The molecule has 0 bridgehead atoms. The van der Waals surface area contributed by atoms with Gasteiger partial charge in [0.25, 0.3) is 0 Å². The number of rotatable bonds is 6. The van der Waals surface area contributed by atoms with E-state index in [1.165, 1.54) is 0 Å². The van der Waals surface area contributed by atoms with Gasteiger partial charge >= 0.3 is 0 Å². The van der Waals surface area contributed by atoms with Gasteiger partial charge in [0.1, 0.15) is 5.41 Å². The van der Waals surface area contributed by atoms with Gasteiger partial charge in [0.05, 0.1) is 6.10 Å². The van der Waals surface area contributed by atoms with E-state index >= 15 is 0 Å². The number of nitrogens with one attached hydrogen (secondary N) is 2. The van der Waals surface area contributed by atoms with Crippen molar-refractivity contribution in [3.05, 3.63) is 29.8 Å². The molecule has 3 rings (SSSR count). The normalized spacial score (nSPS) is 21.5. The molecular formula is C19H26N2O3. The van der Waals surface area contributed by atoms with Gasteiger partial charge in [-0.15, -0.1) is 0 Å². The molecule has 2 N–H and O–H groups in total. The highest BCUT2D eigenvalue weighted by Gasteiger charge is 2.56. The summed E-state index contributed by atoms with van der Waals surface area (Å²) < 4.78 is 5.52. The molecule has 1 aromatic carbocycles. The third-order valence-electron chi connectivity index (χ3n) is 4.96. The largest absolute Gasteiger partial charge is 0.376 e. The number of para-hydroxylation sites is 1. The fourth-order valence-corrected chi connectivity index (χ4v) is 3.22. The maximum Gasteiger partial charge on any atom is 0.240 e. The number of benzene rings is 1. The van der Waals surface area contributed by atoms with Crippen LogP contribution in [0, 0.1) is 5.41 Å². The molecule has 1 aliphatic carbocycles. The maximum absolute atomic E-state index is 12.7. The Labute approximate surface area is 143 Å². The van der Waals surface area contributed by atoms with Crippen molar-refractivity contribution in [1.82, 2.24) is 5.32 Å². The first kappa shape index (κ1) is 17.0. The molecule has 1 unspecified atom stereocenters. The summed E-state index contributed by atoms with van der Waals surface area (Å²) in [4.78, 5) is 25.2. The fourth-order valence-electron chi connectivity index (χ4n) is 3.22. The van der Waals surface area contributed by atoms with Gasteiger partial charge in [-0.25, -0.2) is 0 Å². The van der Waals surface area contributed by atoms with Crippen LogP contribution in [0.25, 0.3) is 0 Å². The summed E-state index contributed by atoms with van der Waals surface area (Å²) in [6, 6.07) is 7.77. The van der Waals surface area contributed by atoms with Crippen molar-refractivity contribution < 1.29 is 14.3 Å². The minimum absolute atomic E-state index is 0.0921. The Bertz CT molecular complexity index is 617. The van der Waals surface area contributed by atoms with Crippen LogP contribution >= 0.6 is 0 Å². The molecule has 0 radical (unpaired) electrons. The van der Waals surface area contributed by atoms with Crippen molar-refractivity contribution in [2.45, 2.75) is 51.6 Å². The molecule has 2 amide bonds. The van der Waals surface area contributed by atoms with Crippen molar-refractivity contribution in [3.63, 3.8) is 0 Å². The van der Waals surface area contributed by atoms with E-state index < -0.39 is 5.41 Å². The molecule has 5 heteroatoms. The van der Waals surface area contributed by atoms with E-state index in [0.29, 0.717) is 25.3 Å². The number of carbonyl (C=O) groups is 2. The van der Waals surface area contributed by atoms with E-state index in [1.807, 2.05) is 24.3 Å². The number of ether oxygens (including phenoxy) is 1. The maximum atomic E-state index is 12.7. The van der Waals surface area contributed by atoms with Crippen molar-refractivity contribution >= 4 is 17.5 Å². The van der Waals surface area contributed by atoms with E-state index in [9.17, 15) is 9.59 Å². The zero-order valence-corrected chi connectivity index (χ0v) is 14.4. The average molecular weight is 330 g/mol. The summed E-state index contributed by atoms with van der Waals surface area (Å²) in [6.07, 6.45) is 3.33. The van der Waals surface area contributed by atoms with Crippen molar-refractivity contribution in [2.75, 3.05) is 18.5 Å². The zero-order valence-electron chi connectivity index (χ0n) is 14.4. The van der Waals surface area contributed by atoms with E-state index in [2.05, 4.69) is 24.5 Å². The third-order valence-corrected chi connectivity index (χ3v) is 4.96. The van der Waals surface area contributed by atoms with Crippen LogP contribution in [-0.4, -0.2) is 31.1 Å². The topological polar surface area (TPSA) is 67.4 Å². The molecule has 1 atom stereocenters. The average Bonchev–Trinajstić information content (AvgIpc) is 3.22. The Morgan fingerprint density at radius 3 is 2.62 bits per heavy atom. The van der Waals surface area contributed by atoms with Crippen LogP contribution in [-0.2, 0) is 14.3 Å². The van der Waals surface area contributed by atoms with Crippen LogP contribution in [0.3, 0.4) is 0 Å². The molecule has 1 saturated carbocycles. The summed E-state index contributed by atoms with van der Waals surface area (Å²) in [5.41, 5.74) is 0.986. The Morgan fingerprint density at radius 1 is 1.25 bits per heavy atom. The molecular weight excluding hydrogens is 304 g/mol. The molecule has 24 heavy (non-hydrogen) atoms. The quantitative estimate of drug-likeness (QED) is 0.788. The summed E-state index contributed by atoms with van der Waals surface area (Å²) in [6.45, 7) is 5.44. The van der Waals surface area contributed by atoms with E-state index in [1.54, 1.807) is 0 Å².